The van der Waals surface area contributed by atoms with E-state index in [4.69, 9.17) is 10.00 Å². The molecule has 17 heavy (non-hydrogen) atoms. The van der Waals surface area contributed by atoms with Gasteiger partial charge in [0.1, 0.15) is 16.7 Å². The zero-order valence-electron chi connectivity index (χ0n) is 9.67. The van der Waals surface area contributed by atoms with E-state index in [1.165, 1.54) is 6.08 Å². The number of allylic oxidation sites excluding steroid dienone is 1. The van der Waals surface area contributed by atoms with E-state index in [0.717, 1.165) is 6.26 Å². The van der Waals surface area contributed by atoms with Crippen molar-refractivity contribution < 1.29 is 13.2 Å². The molecule has 0 aromatic heterocycles. The first-order valence-electron chi connectivity index (χ1n) is 5.02. The number of rotatable bonds is 4. The lowest BCUT2D eigenvalue weighted by Gasteiger charge is -2.02. The molecule has 0 N–H and O–H groups in total. The van der Waals surface area contributed by atoms with Crippen molar-refractivity contribution in [1.29, 1.82) is 5.26 Å². The van der Waals surface area contributed by atoms with Crippen LogP contribution in [0.3, 0.4) is 0 Å². The number of hydrogen-bond donors (Lipinski definition) is 0. The summed E-state index contributed by atoms with van der Waals surface area (Å²) in [6, 6.07) is 8.53. The molecule has 0 aliphatic heterocycles. The summed E-state index contributed by atoms with van der Waals surface area (Å²) < 4.78 is 27.7. The lowest BCUT2D eigenvalue weighted by molar-refractivity contribution is 0.340. The zero-order chi connectivity index (χ0) is 12.9. The van der Waals surface area contributed by atoms with Gasteiger partial charge in [0.2, 0.25) is 0 Å². The summed E-state index contributed by atoms with van der Waals surface area (Å²) in [6.07, 6.45) is 2.35. The zero-order valence-corrected chi connectivity index (χ0v) is 10.5. The van der Waals surface area contributed by atoms with E-state index in [1.807, 2.05) is 6.92 Å². The molecule has 0 aliphatic rings. The quantitative estimate of drug-likeness (QED) is 0.767. The Labute approximate surface area is 101 Å². The van der Waals surface area contributed by atoms with E-state index >= 15 is 0 Å². The molecule has 0 bridgehead atoms. The highest BCUT2D eigenvalue weighted by molar-refractivity contribution is 7.95. The van der Waals surface area contributed by atoms with Gasteiger partial charge in [-0.15, -0.1) is 0 Å². The summed E-state index contributed by atoms with van der Waals surface area (Å²) >= 11 is 0. The Bertz CT molecular complexity index is 550. The number of benzene rings is 1. The molecule has 0 atom stereocenters. The van der Waals surface area contributed by atoms with Crippen LogP contribution >= 0.6 is 0 Å². The fraction of sp³-hybridized carbons (Fsp3) is 0.250. The summed E-state index contributed by atoms with van der Waals surface area (Å²) in [5, 5.41) is 8.74. The van der Waals surface area contributed by atoms with Crippen molar-refractivity contribution in [3.05, 3.63) is 34.7 Å². The van der Waals surface area contributed by atoms with Gasteiger partial charge in [-0.25, -0.2) is 8.42 Å². The van der Waals surface area contributed by atoms with Gasteiger partial charge in [0, 0.05) is 6.26 Å². The molecule has 5 heteroatoms. The van der Waals surface area contributed by atoms with Crippen LogP contribution in [0.2, 0.25) is 0 Å². The average Bonchev–Trinajstić information content (AvgIpc) is 2.27. The van der Waals surface area contributed by atoms with E-state index in [9.17, 15) is 8.42 Å². The monoisotopic (exact) mass is 251 g/mol. The smallest absolute Gasteiger partial charge is 0.185 e. The number of sulfone groups is 1. The molecule has 0 saturated carbocycles. The Morgan fingerprint density at radius 1 is 1.41 bits per heavy atom. The van der Waals surface area contributed by atoms with Crippen LogP contribution in [0.15, 0.2) is 29.2 Å². The molecule has 1 aromatic rings. The van der Waals surface area contributed by atoms with Crippen LogP contribution < -0.4 is 4.74 Å². The lowest BCUT2D eigenvalue weighted by Crippen LogP contribution is -1.98. The van der Waals surface area contributed by atoms with Crippen LogP contribution in [0, 0.1) is 11.3 Å². The normalized spacial score (nSPS) is 11.9. The Morgan fingerprint density at radius 2 is 2.00 bits per heavy atom. The average molecular weight is 251 g/mol. The minimum atomic E-state index is -3.46. The lowest BCUT2D eigenvalue weighted by atomic mass is 10.2. The molecular formula is C12H13NO3S. The largest absolute Gasteiger partial charge is 0.494 e. The van der Waals surface area contributed by atoms with Gasteiger partial charge in [-0.1, -0.05) is 12.1 Å². The van der Waals surface area contributed by atoms with E-state index in [0.29, 0.717) is 17.9 Å². The second-order valence-corrected chi connectivity index (χ2v) is 5.38. The third-order valence-electron chi connectivity index (χ3n) is 2.00. The fourth-order valence-corrected chi connectivity index (χ4v) is 1.72. The minimum Gasteiger partial charge on any atom is -0.494 e. The Kier molecular flexibility index (Phi) is 4.30. The SMILES string of the molecule is CCOc1ccc(/C=C(/C#N)S(C)(=O)=O)cc1. The topological polar surface area (TPSA) is 67.2 Å². The molecule has 0 saturated heterocycles. The van der Waals surface area contributed by atoms with Crippen molar-refractivity contribution in [3.63, 3.8) is 0 Å². The number of ether oxygens (including phenoxy) is 1. The molecular weight excluding hydrogens is 238 g/mol. The summed E-state index contributed by atoms with van der Waals surface area (Å²) in [5.74, 6) is 0.711. The van der Waals surface area contributed by atoms with Crippen LogP contribution in [0.1, 0.15) is 12.5 Å². The van der Waals surface area contributed by atoms with Crippen molar-refractivity contribution >= 4 is 15.9 Å². The van der Waals surface area contributed by atoms with Gasteiger partial charge < -0.3 is 4.74 Å². The fourth-order valence-electron chi connectivity index (χ4n) is 1.20. The maximum Gasteiger partial charge on any atom is 0.185 e. The third kappa shape index (κ3) is 3.93. The van der Waals surface area contributed by atoms with Crippen LogP contribution in [0.4, 0.5) is 0 Å². The van der Waals surface area contributed by atoms with Gasteiger partial charge in [-0.3, -0.25) is 0 Å². The predicted molar refractivity (Wildman–Crippen MR) is 66.0 cm³/mol. The van der Waals surface area contributed by atoms with Crippen molar-refractivity contribution in [1.82, 2.24) is 0 Å². The Balaban J connectivity index is 3.03. The van der Waals surface area contributed by atoms with E-state index in [2.05, 4.69) is 0 Å². The second kappa shape index (κ2) is 5.51. The molecule has 0 spiro atoms. The standard InChI is InChI=1S/C12H13NO3S/c1-3-16-11-6-4-10(5-7-11)8-12(9-13)17(2,14)15/h4-8H,3H2,1-2H3/b12-8-. The minimum absolute atomic E-state index is 0.248. The molecule has 0 radical (unpaired) electrons. The third-order valence-corrected chi connectivity index (χ3v) is 3.01. The first-order valence-corrected chi connectivity index (χ1v) is 6.91. The van der Waals surface area contributed by atoms with E-state index < -0.39 is 9.84 Å². The Morgan fingerprint density at radius 3 is 2.41 bits per heavy atom. The molecule has 0 aliphatic carbocycles. The van der Waals surface area contributed by atoms with E-state index in [-0.39, 0.29) is 4.91 Å². The van der Waals surface area contributed by atoms with Crippen molar-refractivity contribution in [2.75, 3.05) is 12.9 Å². The number of nitrogens with zero attached hydrogens (tertiary/aromatic N) is 1. The van der Waals surface area contributed by atoms with Gasteiger partial charge in [0.25, 0.3) is 0 Å². The molecule has 4 nitrogen and oxygen atoms in total. The van der Waals surface area contributed by atoms with Crippen molar-refractivity contribution in [3.8, 4) is 11.8 Å². The maximum absolute atomic E-state index is 11.2. The number of nitriles is 1. The molecule has 1 aromatic carbocycles. The summed E-state index contributed by atoms with van der Waals surface area (Å²) in [6.45, 7) is 2.45. The van der Waals surface area contributed by atoms with Gasteiger partial charge in [0.05, 0.1) is 6.61 Å². The second-order valence-electron chi connectivity index (χ2n) is 3.39. The summed E-state index contributed by atoms with van der Waals surface area (Å²) in [7, 11) is -3.46. The highest BCUT2D eigenvalue weighted by Gasteiger charge is 2.09. The Hall–Kier alpha value is -1.80. The molecule has 0 unspecified atom stereocenters. The van der Waals surface area contributed by atoms with Crippen LogP contribution in [0.5, 0.6) is 5.75 Å². The highest BCUT2D eigenvalue weighted by Crippen LogP contribution is 2.16. The molecule has 0 fully saturated rings. The molecule has 90 valence electrons. The van der Waals surface area contributed by atoms with Gasteiger partial charge in [-0.05, 0) is 30.7 Å². The molecule has 1 rings (SSSR count). The van der Waals surface area contributed by atoms with Crippen LogP contribution in [-0.2, 0) is 9.84 Å². The van der Waals surface area contributed by atoms with Gasteiger partial charge >= 0.3 is 0 Å². The molecule has 0 amide bonds. The van der Waals surface area contributed by atoms with Crippen LogP contribution in [0.25, 0.3) is 6.08 Å². The first kappa shape index (κ1) is 13.3. The van der Waals surface area contributed by atoms with Crippen molar-refractivity contribution in [2.45, 2.75) is 6.92 Å². The van der Waals surface area contributed by atoms with Crippen molar-refractivity contribution in [2.24, 2.45) is 0 Å². The predicted octanol–water partition coefficient (Wildman–Crippen LogP) is 1.99. The highest BCUT2D eigenvalue weighted by atomic mass is 32.2. The summed E-state index contributed by atoms with van der Waals surface area (Å²) in [5.41, 5.74) is 0.649. The van der Waals surface area contributed by atoms with Gasteiger partial charge in [-0.2, -0.15) is 5.26 Å². The number of hydrogen-bond acceptors (Lipinski definition) is 4. The summed E-state index contributed by atoms with van der Waals surface area (Å²) in [4.78, 5) is -0.248. The first-order chi connectivity index (χ1) is 7.97. The van der Waals surface area contributed by atoms with E-state index in [1.54, 1.807) is 30.3 Å². The maximum atomic E-state index is 11.2. The molecule has 0 heterocycles. The van der Waals surface area contributed by atoms with Gasteiger partial charge in [0.15, 0.2) is 9.84 Å². The van der Waals surface area contributed by atoms with Crippen LogP contribution in [-0.4, -0.2) is 21.3 Å².